The molecule has 1 amide bonds. The monoisotopic (exact) mass is 428 g/mol. The van der Waals surface area contributed by atoms with E-state index in [0.29, 0.717) is 42.7 Å². The molecule has 30 heavy (non-hydrogen) atoms. The summed E-state index contributed by atoms with van der Waals surface area (Å²) in [4.78, 5) is 13.1. The molecule has 1 N–H and O–H groups in total. The van der Waals surface area contributed by atoms with Gasteiger partial charge in [0.25, 0.3) is 0 Å². The summed E-state index contributed by atoms with van der Waals surface area (Å²) >= 11 is 0. The second kappa shape index (κ2) is 8.67. The second-order valence-corrected chi connectivity index (χ2v) is 11.0. The van der Waals surface area contributed by atoms with Crippen LogP contribution >= 0.6 is 0 Å². The molecular weight excluding hydrogens is 396 g/mol. The molecule has 1 aliphatic carbocycles. The Morgan fingerprint density at radius 1 is 0.967 bits per heavy atom. The second-order valence-electron chi connectivity index (χ2n) is 9.07. The van der Waals surface area contributed by atoms with Crippen molar-refractivity contribution in [2.45, 2.75) is 56.9 Å². The molecular formula is C24H32N2O3S. The third kappa shape index (κ3) is 4.26. The van der Waals surface area contributed by atoms with Crippen molar-refractivity contribution in [3.8, 4) is 0 Å². The minimum absolute atomic E-state index is 0.0995. The van der Waals surface area contributed by atoms with E-state index in [2.05, 4.69) is 19.2 Å². The first-order chi connectivity index (χ1) is 14.4. The molecule has 2 aliphatic rings. The van der Waals surface area contributed by atoms with E-state index < -0.39 is 10.0 Å². The van der Waals surface area contributed by atoms with E-state index >= 15 is 0 Å². The number of sulfonamides is 1. The summed E-state index contributed by atoms with van der Waals surface area (Å²) in [6.07, 6.45) is 4.61. The van der Waals surface area contributed by atoms with Gasteiger partial charge in [0.2, 0.25) is 15.9 Å². The maximum atomic E-state index is 13.1. The number of carbonyl (C=O) groups is 1. The lowest BCUT2D eigenvalue weighted by Gasteiger charge is -2.36. The zero-order valence-corrected chi connectivity index (χ0v) is 18.7. The van der Waals surface area contributed by atoms with Gasteiger partial charge in [0.05, 0.1) is 4.90 Å². The molecule has 2 aromatic carbocycles. The van der Waals surface area contributed by atoms with Gasteiger partial charge in [0.1, 0.15) is 0 Å². The third-order valence-electron chi connectivity index (χ3n) is 7.22. The predicted molar refractivity (Wildman–Crippen MR) is 120 cm³/mol. The molecule has 1 saturated carbocycles. The van der Waals surface area contributed by atoms with Crippen molar-refractivity contribution in [3.05, 3.63) is 42.5 Å². The first-order valence-electron chi connectivity index (χ1n) is 11.2. The molecule has 0 radical (unpaired) electrons. The van der Waals surface area contributed by atoms with Gasteiger partial charge in [-0.2, -0.15) is 4.31 Å². The average molecular weight is 429 g/mol. The predicted octanol–water partition coefficient (Wildman–Crippen LogP) is 4.18. The van der Waals surface area contributed by atoms with Gasteiger partial charge < -0.3 is 5.32 Å². The van der Waals surface area contributed by atoms with Gasteiger partial charge in [-0.05, 0) is 54.0 Å². The number of fused-ring (bicyclic) bond motifs is 1. The van der Waals surface area contributed by atoms with Crippen LogP contribution in [0.3, 0.4) is 0 Å². The normalized spacial score (nSPS) is 26.5. The van der Waals surface area contributed by atoms with E-state index in [1.807, 2.05) is 30.3 Å². The minimum atomic E-state index is -3.54. The Kier molecular flexibility index (Phi) is 6.16. The summed E-state index contributed by atoms with van der Waals surface area (Å²) < 4.78 is 27.8. The number of carbonyl (C=O) groups excluding carboxylic acids is 1. The molecule has 2 fully saturated rings. The van der Waals surface area contributed by atoms with Crippen LogP contribution in [0, 0.1) is 17.8 Å². The minimum Gasteiger partial charge on any atom is -0.353 e. The van der Waals surface area contributed by atoms with Gasteiger partial charge in [-0.1, -0.05) is 57.0 Å². The Morgan fingerprint density at radius 2 is 1.67 bits per heavy atom. The van der Waals surface area contributed by atoms with Gasteiger partial charge in [-0.3, -0.25) is 4.79 Å². The van der Waals surface area contributed by atoms with Gasteiger partial charge in [-0.15, -0.1) is 0 Å². The molecule has 1 aliphatic heterocycles. The number of benzene rings is 2. The van der Waals surface area contributed by atoms with Crippen LogP contribution in [0.25, 0.3) is 10.8 Å². The quantitative estimate of drug-likeness (QED) is 0.794. The first kappa shape index (κ1) is 21.3. The standard InChI is InChI=1S/C24H32N2O3S/c1-17-6-5-9-23(18(17)2)25-24(27)20-12-14-26(15-13-20)30(28,29)22-11-10-19-7-3-4-8-21(19)16-22/h3-4,7-8,10-11,16-18,20,23H,5-6,9,12-15H2,1-2H3,(H,25,27)/t17-,18+,23-/m1/s1. The van der Waals surface area contributed by atoms with Gasteiger partial charge in [-0.25, -0.2) is 8.42 Å². The van der Waals surface area contributed by atoms with E-state index in [1.54, 1.807) is 12.1 Å². The Morgan fingerprint density at radius 3 is 2.40 bits per heavy atom. The zero-order valence-electron chi connectivity index (χ0n) is 17.9. The number of hydrogen-bond donors (Lipinski definition) is 1. The van der Waals surface area contributed by atoms with E-state index in [4.69, 9.17) is 0 Å². The molecule has 1 saturated heterocycles. The van der Waals surface area contributed by atoms with Crippen molar-refractivity contribution in [1.29, 1.82) is 0 Å². The number of piperidine rings is 1. The fourth-order valence-electron chi connectivity index (χ4n) is 4.92. The van der Waals surface area contributed by atoms with Crippen LogP contribution < -0.4 is 5.32 Å². The summed E-state index contributed by atoms with van der Waals surface area (Å²) in [5, 5.41) is 5.21. The average Bonchev–Trinajstić information content (AvgIpc) is 2.76. The summed E-state index contributed by atoms with van der Waals surface area (Å²) in [6, 6.07) is 13.3. The zero-order chi connectivity index (χ0) is 21.3. The molecule has 5 nitrogen and oxygen atoms in total. The topological polar surface area (TPSA) is 66.5 Å². The largest absolute Gasteiger partial charge is 0.353 e. The number of rotatable bonds is 4. The van der Waals surface area contributed by atoms with E-state index in [1.165, 1.54) is 17.1 Å². The van der Waals surface area contributed by atoms with Crippen molar-refractivity contribution in [3.63, 3.8) is 0 Å². The molecule has 162 valence electrons. The van der Waals surface area contributed by atoms with Crippen molar-refractivity contribution in [2.75, 3.05) is 13.1 Å². The van der Waals surface area contributed by atoms with Crippen molar-refractivity contribution < 1.29 is 13.2 Å². The number of hydrogen-bond acceptors (Lipinski definition) is 3. The highest BCUT2D eigenvalue weighted by Crippen LogP contribution is 2.31. The first-order valence-corrected chi connectivity index (χ1v) is 12.6. The molecule has 0 bridgehead atoms. The fraction of sp³-hybridized carbons (Fsp3) is 0.542. The Bertz CT molecular complexity index is 1010. The van der Waals surface area contributed by atoms with Crippen LogP contribution in [-0.2, 0) is 14.8 Å². The van der Waals surface area contributed by atoms with Crippen LogP contribution in [-0.4, -0.2) is 37.8 Å². The molecule has 2 aromatic rings. The van der Waals surface area contributed by atoms with Crippen LogP contribution in [0.15, 0.2) is 47.4 Å². The maximum absolute atomic E-state index is 13.1. The van der Waals surface area contributed by atoms with Crippen molar-refractivity contribution >= 4 is 26.7 Å². The van der Waals surface area contributed by atoms with E-state index in [-0.39, 0.29) is 17.9 Å². The summed E-state index contributed by atoms with van der Waals surface area (Å²) in [5.74, 6) is 1.13. The smallest absolute Gasteiger partial charge is 0.243 e. The van der Waals surface area contributed by atoms with Crippen LogP contribution in [0.5, 0.6) is 0 Å². The van der Waals surface area contributed by atoms with Crippen LogP contribution in [0.4, 0.5) is 0 Å². The Labute approximate surface area is 179 Å². The highest BCUT2D eigenvalue weighted by atomic mass is 32.2. The summed E-state index contributed by atoms with van der Waals surface area (Å²) in [6.45, 7) is 5.28. The highest BCUT2D eigenvalue weighted by Gasteiger charge is 2.34. The molecule has 6 heteroatoms. The van der Waals surface area contributed by atoms with E-state index in [9.17, 15) is 13.2 Å². The fourth-order valence-corrected chi connectivity index (χ4v) is 6.43. The van der Waals surface area contributed by atoms with Gasteiger partial charge >= 0.3 is 0 Å². The van der Waals surface area contributed by atoms with Crippen molar-refractivity contribution in [1.82, 2.24) is 9.62 Å². The highest BCUT2D eigenvalue weighted by molar-refractivity contribution is 7.89. The third-order valence-corrected chi connectivity index (χ3v) is 9.11. The lowest BCUT2D eigenvalue weighted by atomic mass is 9.78. The molecule has 0 spiro atoms. The summed E-state index contributed by atoms with van der Waals surface area (Å²) in [5.41, 5.74) is 0. The molecule has 4 rings (SSSR count). The number of amides is 1. The van der Waals surface area contributed by atoms with Crippen molar-refractivity contribution in [2.24, 2.45) is 17.8 Å². The Balaban J connectivity index is 1.39. The van der Waals surface area contributed by atoms with Gasteiger partial charge in [0, 0.05) is 25.0 Å². The summed E-state index contributed by atoms with van der Waals surface area (Å²) in [7, 11) is -3.54. The lowest BCUT2D eigenvalue weighted by molar-refractivity contribution is -0.127. The SMILES string of the molecule is C[C@H]1[C@H](C)CCC[C@H]1NC(=O)C1CCN(S(=O)(=O)c2ccc3ccccc3c2)CC1. The van der Waals surface area contributed by atoms with Crippen LogP contribution in [0.1, 0.15) is 46.0 Å². The molecule has 0 aromatic heterocycles. The number of nitrogens with one attached hydrogen (secondary N) is 1. The molecule has 3 atom stereocenters. The number of nitrogens with zero attached hydrogens (tertiary/aromatic N) is 1. The van der Waals surface area contributed by atoms with Gasteiger partial charge in [0.15, 0.2) is 0 Å². The van der Waals surface area contributed by atoms with E-state index in [0.717, 1.165) is 17.2 Å². The van der Waals surface area contributed by atoms with Crippen LogP contribution in [0.2, 0.25) is 0 Å². The Hall–Kier alpha value is -1.92. The maximum Gasteiger partial charge on any atom is 0.243 e. The molecule has 0 unspecified atom stereocenters. The molecule has 1 heterocycles. The lowest BCUT2D eigenvalue weighted by Crippen LogP contribution is -2.48.